The van der Waals surface area contributed by atoms with Gasteiger partial charge in [-0.25, -0.2) is 0 Å². The van der Waals surface area contributed by atoms with E-state index in [1.54, 1.807) is 11.8 Å². The lowest BCUT2D eigenvalue weighted by Crippen LogP contribution is -2.13. The van der Waals surface area contributed by atoms with Gasteiger partial charge in [-0.1, -0.05) is 30.4 Å². The van der Waals surface area contributed by atoms with Crippen molar-refractivity contribution >= 4 is 46.1 Å². The highest BCUT2D eigenvalue weighted by Gasteiger charge is 2.11. The van der Waals surface area contributed by atoms with Crippen LogP contribution in [-0.2, 0) is 11.3 Å². The summed E-state index contributed by atoms with van der Waals surface area (Å²) in [6.07, 6.45) is 1.05. The third-order valence-electron chi connectivity index (χ3n) is 2.04. The molecule has 2 rings (SSSR count). The van der Waals surface area contributed by atoms with Gasteiger partial charge in [-0.15, -0.1) is 10.2 Å². The fraction of sp³-hybridized carbons (Fsp3) is 0.500. The Hall–Kier alpha value is -1.17. The Bertz CT molecular complexity index is 587. The summed E-state index contributed by atoms with van der Waals surface area (Å²) in [6.45, 7) is 2.27. The molecule has 2 aromatic rings. The van der Waals surface area contributed by atoms with Crippen LogP contribution < -0.4 is 11.1 Å². The summed E-state index contributed by atoms with van der Waals surface area (Å²) in [4.78, 5) is 16.0. The van der Waals surface area contributed by atoms with Gasteiger partial charge in [0.1, 0.15) is 0 Å². The minimum absolute atomic E-state index is 0.156. The van der Waals surface area contributed by atoms with Gasteiger partial charge in [0.15, 0.2) is 0 Å². The third kappa shape index (κ3) is 5.26. The fourth-order valence-corrected chi connectivity index (χ4v) is 3.17. The van der Waals surface area contributed by atoms with Crippen molar-refractivity contribution in [1.29, 1.82) is 0 Å². The van der Waals surface area contributed by atoms with E-state index < -0.39 is 0 Å². The number of rotatable bonds is 8. The molecule has 0 bridgehead atoms. The molecule has 114 valence electrons. The number of hydrogen-bond donors (Lipinski definition) is 2. The lowest BCUT2D eigenvalue weighted by Gasteiger charge is -1.98. The molecule has 0 radical (unpaired) electrons. The van der Waals surface area contributed by atoms with Crippen LogP contribution in [0.5, 0.6) is 0 Å². The predicted molar refractivity (Wildman–Crippen MR) is 82.5 cm³/mol. The van der Waals surface area contributed by atoms with Gasteiger partial charge >= 0.3 is 0 Å². The first kappa shape index (κ1) is 16.2. The van der Waals surface area contributed by atoms with Crippen LogP contribution in [0.2, 0.25) is 0 Å². The van der Waals surface area contributed by atoms with Crippen LogP contribution >= 0.6 is 35.1 Å². The zero-order chi connectivity index (χ0) is 15.1. The zero-order valence-corrected chi connectivity index (χ0v) is 13.7. The Kier molecular flexibility index (Phi) is 6.42. The number of amides is 1. The average molecular weight is 346 g/mol. The van der Waals surface area contributed by atoms with Crippen LogP contribution in [0.4, 0.5) is 5.13 Å². The standard InChI is InChI=1S/C10H14N6O2S3/c1-2-3-19-9-13-8(21-16-9)12-6(17)5-20-10-15-14-7(4-11)18-10/h2-5,11H2,1H3,(H,12,13,16,17). The smallest absolute Gasteiger partial charge is 0.277 e. The molecule has 3 N–H and O–H groups in total. The molecular weight excluding hydrogens is 332 g/mol. The zero-order valence-electron chi connectivity index (χ0n) is 11.2. The van der Waals surface area contributed by atoms with Crippen LogP contribution in [0.15, 0.2) is 14.8 Å². The maximum absolute atomic E-state index is 11.8. The summed E-state index contributed by atoms with van der Waals surface area (Å²) in [5.74, 6) is 1.26. The second-order valence-electron chi connectivity index (χ2n) is 3.73. The van der Waals surface area contributed by atoms with E-state index >= 15 is 0 Å². The molecule has 0 unspecified atom stereocenters. The molecule has 0 aliphatic heterocycles. The van der Waals surface area contributed by atoms with Gasteiger partial charge in [-0.3, -0.25) is 10.1 Å². The van der Waals surface area contributed by atoms with Crippen molar-refractivity contribution in [2.75, 3.05) is 16.8 Å². The number of carbonyl (C=O) groups is 1. The normalized spacial score (nSPS) is 10.8. The van der Waals surface area contributed by atoms with Crippen molar-refractivity contribution in [3.63, 3.8) is 0 Å². The Morgan fingerprint density at radius 2 is 2.29 bits per heavy atom. The SMILES string of the molecule is CCCSc1nsc(NC(=O)CSc2nnc(CN)o2)n1. The van der Waals surface area contributed by atoms with Crippen molar-refractivity contribution in [2.24, 2.45) is 5.73 Å². The minimum Gasteiger partial charge on any atom is -0.415 e. The number of anilines is 1. The van der Waals surface area contributed by atoms with Crippen molar-refractivity contribution in [1.82, 2.24) is 19.6 Å². The molecule has 2 aromatic heterocycles. The monoisotopic (exact) mass is 346 g/mol. The van der Waals surface area contributed by atoms with Gasteiger partial charge in [-0.2, -0.15) is 9.36 Å². The predicted octanol–water partition coefficient (Wildman–Crippen LogP) is 1.61. The van der Waals surface area contributed by atoms with Crippen molar-refractivity contribution in [3.8, 4) is 0 Å². The molecule has 2 heterocycles. The molecule has 0 aromatic carbocycles. The highest BCUT2D eigenvalue weighted by atomic mass is 32.2. The van der Waals surface area contributed by atoms with Gasteiger partial charge in [0.2, 0.25) is 22.1 Å². The summed E-state index contributed by atoms with van der Waals surface area (Å²) >= 11 is 3.89. The molecule has 1 amide bonds. The third-order valence-corrected chi connectivity index (χ3v) is 4.66. The lowest BCUT2D eigenvalue weighted by atomic mass is 10.6. The lowest BCUT2D eigenvalue weighted by molar-refractivity contribution is -0.113. The van der Waals surface area contributed by atoms with Gasteiger partial charge in [0.25, 0.3) is 5.22 Å². The second kappa shape index (κ2) is 8.32. The van der Waals surface area contributed by atoms with E-state index in [0.717, 1.165) is 23.9 Å². The van der Waals surface area contributed by atoms with Crippen LogP contribution in [0.1, 0.15) is 19.2 Å². The molecule has 0 saturated carbocycles. The molecule has 0 spiro atoms. The Balaban J connectivity index is 1.77. The van der Waals surface area contributed by atoms with Crippen LogP contribution in [0.3, 0.4) is 0 Å². The van der Waals surface area contributed by atoms with Gasteiger partial charge in [0, 0.05) is 17.3 Å². The van der Waals surface area contributed by atoms with Gasteiger partial charge < -0.3 is 10.2 Å². The number of thioether (sulfide) groups is 2. The molecule has 0 fully saturated rings. The maximum Gasteiger partial charge on any atom is 0.277 e. The molecule has 0 aliphatic rings. The number of nitrogens with one attached hydrogen (secondary N) is 1. The summed E-state index contributed by atoms with van der Waals surface area (Å²) < 4.78 is 9.35. The van der Waals surface area contributed by atoms with Crippen molar-refractivity contribution in [2.45, 2.75) is 30.3 Å². The van der Waals surface area contributed by atoms with Gasteiger partial charge in [-0.05, 0) is 6.42 Å². The molecule has 11 heteroatoms. The van der Waals surface area contributed by atoms with Crippen LogP contribution in [-0.4, -0.2) is 37.0 Å². The second-order valence-corrected chi connectivity index (χ2v) is 6.47. The maximum atomic E-state index is 11.8. The van der Waals surface area contributed by atoms with E-state index in [1.807, 2.05) is 0 Å². The Morgan fingerprint density at radius 1 is 1.43 bits per heavy atom. The number of carbonyl (C=O) groups excluding carboxylic acids is 1. The van der Waals surface area contributed by atoms with Crippen LogP contribution in [0, 0.1) is 0 Å². The minimum atomic E-state index is -0.198. The Morgan fingerprint density at radius 3 is 3.00 bits per heavy atom. The first-order valence-corrected chi connectivity index (χ1v) is 8.87. The molecule has 0 saturated heterocycles. The summed E-state index contributed by atoms with van der Waals surface area (Å²) in [6, 6.07) is 0. The number of aromatic nitrogens is 4. The molecule has 0 atom stereocenters. The number of nitrogens with zero attached hydrogens (tertiary/aromatic N) is 4. The number of nitrogens with two attached hydrogens (primary N) is 1. The van der Waals surface area contributed by atoms with E-state index in [9.17, 15) is 4.79 Å². The van der Waals surface area contributed by atoms with Crippen molar-refractivity contribution < 1.29 is 9.21 Å². The first-order chi connectivity index (χ1) is 10.2. The van der Waals surface area contributed by atoms with E-state index in [1.165, 1.54) is 11.5 Å². The number of hydrogen-bond acceptors (Lipinski definition) is 10. The summed E-state index contributed by atoms with van der Waals surface area (Å²) in [5.41, 5.74) is 5.36. The van der Waals surface area contributed by atoms with E-state index in [2.05, 4.69) is 31.8 Å². The summed E-state index contributed by atoms with van der Waals surface area (Å²) in [5, 5.41) is 11.7. The fourth-order valence-electron chi connectivity index (χ4n) is 1.17. The topological polar surface area (TPSA) is 120 Å². The average Bonchev–Trinajstić information content (AvgIpc) is 3.12. The molecule has 0 aliphatic carbocycles. The van der Waals surface area contributed by atoms with Crippen molar-refractivity contribution in [3.05, 3.63) is 5.89 Å². The Labute approximate surface area is 133 Å². The molecule has 21 heavy (non-hydrogen) atoms. The molecule has 8 nitrogen and oxygen atoms in total. The van der Waals surface area contributed by atoms with Crippen LogP contribution in [0.25, 0.3) is 0 Å². The van der Waals surface area contributed by atoms with E-state index in [-0.39, 0.29) is 18.2 Å². The summed E-state index contributed by atoms with van der Waals surface area (Å²) in [7, 11) is 0. The quantitative estimate of drug-likeness (QED) is 0.687. The highest BCUT2D eigenvalue weighted by molar-refractivity contribution is 7.99. The highest BCUT2D eigenvalue weighted by Crippen LogP contribution is 2.21. The van der Waals surface area contributed by atoms with E-state index in [0.29, 0.717) is 21.4 Å². The first-order valence-electron chi connectivity index (χ1n) is 6.13. The van der Waals surface area contributed by atoms with E-state index in [4.69, 9.17) is 10.2 Å². The van der Waals surface area contributed by atoms with Gasteiger partial charge in [0.05, 0.1) is 12.3 Å². The largest absolute Gasteiger partial charge is 0.415 e. The molecular formula is C10H14N6O2S3.